The van der Waals surface area contributed by atoms with Crippen molar-refractivity contribution in [1.82, 2.24) is 20.1 Å². The molecule has 4 aliphatic rings. The van der Waals surface area contributed by atoms with Crippen molar-refractivity contribution in [2.45, 2.75) is 57.2 Å². The maximum atomic E-state index is 13.1. The average Bonchev–Trinajstić information content (AvgIpc) is 2.99. The molecule has 148 valence electrons. The second-order valence-corrected chi connectivity index (χ2v) is 8.63. The number of imide groups is 1. The fourth-order valence-corrected chi connectivity index (χ4v) is 5.36. The number of amides is 3. The number of hydrogen-bond acceptors (Lipinski definition) is 5. The lowest BCUT2D eigenvalue weighted by Gasteiger charge is -2.50. The minimum atomic E-state index is -0.688. The minimum absolute atomic E-state index is 0.116. The lowest BCUT2D eigenvalue weighted by atomic mass is 9.60. The van der Waals surface area contributed by atoms with Crippen molar-refractivity contribution in [2.75, 3.05) is 13.1 Å². The number of nitrogens with one attached hydrogen (secondary N) is 2. The van der Waals surface area contributed by atoms with Gasteiger partial charge in [-0.25, -0.2) is 0 Å². The van der Waals surface area contributed by atoms with Gasteiger partial charge in [-0.15, -0.1) is 0 Å². The van der Waals surface area contributed by atoms with E-state index in [4.69, 9.17) is 0 Å². The maximum Gasteiger partial charge on any atom is 0.256 e. The first kappa shape index (κ1) is 17.6. The van der Waals surface area contributed by atoms with Crippen molar-refractivity contribution in [3.8, 4) is 0 Å². The van der Waals surface area contributed by atoms with Crippen LogP contribution in [-0.4, -0.2) is 46.3 Å². The Hall–Kier alpha value is -2.48. The summed E-state index contributed by atoms with van der Waals surface area (Å²) < 4.78 is 1.79. The molecule has 2 saturated heterocycles. The number of piperidine rings is 2. The largest absolute Gasteiger partial charge is 0.322 e. The highest BCUT2D eigenvalue weighted by molar-refractivity contribution is 6.05. The third-order valence-corrected chi connectivity index (χ3v) is 7.02. The van der Waals surface area contributed by atoms with Crippen LogP contribution in [0.25, 0.3) is 0 Å². The third kappa shape index (κ3) is 2.62. The predicted octanol–water partition coefficient (Wildman–Crippen LogP) is 0.314. The van der Waals surface area contributed by atoms with E-state index in [0.717, 1.165) is 38.8 Å². The first-order valence-corrected chi connectivity index (χ1v) is 10.1. The fraction of sp³-hybridized carbons (Fsp3) is 0.600. The Morgan fingerprint density at radius 1 is 1.07 bits per heavy atom. The monoisotopic (exact) mass is 384 g/mol. The quantitative estimate of drug-likeness (QED) is 0.715. The molecule has 3 aliphatic heterocycles. The highest BCUT2D eigenvalue weighted by Gasteiger charge is 2.46. The van der Waals surface area contributed by atoms with Gasteiger partial charge in [0.2, 0.25) is 11.8 Å². The van der Waals surface area contributed by atoms with Crippen molar-refractivity contribution in [1.29, 1.82) is 0 Å². The molecule has 1 spiro atoms. The predicted molar refractivity (Wildman–Crippen MR) is 99.6 cm³/mol. The average molecular weight is 384 g/mol. The van der Waals surface area contributed by atoms with E-state index < -0.39 is 11.9 Å². The number of pyridine rings is 1. The van der Waals surface area contributed by atoms with E-state index >= 15 is 0 Å². The van der Waals surface area contributed by atoms with Crippen LogP contribution in [0.1, 0.15) is 60.5 Å². The third-order valence-electron chi connectivity index (χ3n) is 7.02. The summed E-state index contributed by atoms with van der Waals surface area (Å²) in [7, 11) is 0. The summed E-state index contributed by atoms with van der Waals surface area (Å²) in [4.78, 5) is 50.9. The summed E-state index contributed by atoms with van der Waals surface area (Å²) in [6.45, 7) is 2.23. The Morgan fingerprint density at radius 3 is 2.54 bits per heavy atom. The number of nitrogens with zero attached hydrogens (tertiary/aromatic N) is 2. The van der Waals surface area contributed by atoms with Crippen LogP contribution in [0.3, 0.4) is 0 Å². The number of carbonyl (C=O) groups excluding carboxylic acids is 3. The lowest BCUT2D eigenvalue weighted by Crippen LogP contribution is -2.52. The van der Waals surface area contributed by atoms with Crippen molar-refractivity contribution in [2.24, 2.45) is 5.41 Å². The SMILES string of the molecule is O=C1CC[C@@H](N2Cc3c(ccn(C4CC5(CCNCC5)C4)c3=O)C2=O)C(=O)N1. The molecule has 8 nitrogen and oxygen atoms in total. The van der Waals surface area contributed by atoms with Gasteiger partial charge in [0.15, 0.2) is 0 Å². The van der Waals surface area contributed by atoms with Crippen LogP contribution in [-0.2, 0) is 16.1 Å². The molecule has 28 heavy (non-hydrogen) atoms. The Labute approximate surface area is 162 Å². The number of aromatic nitrogens is 1. The Bertz CT molecular complexity index is 923. The first-order chi connectivity index (χ1) is 13.5. The van der Waals surface area contributed by atoms with E-state index in [-0.39, 0.29) is 36.4 Å². The van der Waals surface area contributed by atoms with Crippen LogP contribution in [0, 0.1) is 5.41 Å². The van der Waals surface area contributed by atoms with Gasteiger partial charge in [-0.1, -0.05) is 0 Å². The Morgan fingerprint density at radius 2 is 1.82 bits per heavy atom. The van der Waals surface area contributed by atoms with Crippen molar-refractivity contribution >= 4 is 17.7 Å². The molecule has 1 saturated carbocycles. The van der Waals surface area contributed by atoms with E-state index in [2.05, 4.69) is 10.6 Å². The second kappa shape index (κ2) is 6.27. The van der Waals surface area contributed by atoms with Crippen LogP contribution in [0.4, 0.5) is 0 Å². The molecular formula is C20H24N4O4. The van der Waals surface area contributed by atoms with Crippen LogP contribution < -0.4 is 16.2 Å². The van der Waals surface area contributed by atoms with E-state index in [9.17, 15) is 19.2 Å². The molecule has 5 rings (SSSR count). The van der Waals surface area contributed by atoms with E-state index in [0.29, 0.717) is 23.0 Å². The van der Waals surface area contributed by atoms with Gasteiger partial charge < -0.3 is 14.8 Å². The smallest absolute Gasteiger partial charge is 0.256 e. The molecule has 1 atom stereocenters. The molecule has 2 N–H and O–H groups in total. The van der Waals surface area contributed by atoms with Gasteiger partial charge >= 0.3 is 0 Å². The molecule has 0 radical (unpaired) electrons. The zero-order chi connectivity index (χ0) is 19.5. The molecule has 4 heterocycles. The zero-order valence-electron chi connectivity index (χ0n) is 15.7. The van der Waals surface area contributed by atoms with E-state index in [1.54, 1.807) is 16.8 Å². The van der Waals surface area contributed by atoms with Crippen molar-refractivity contribution in [3.63, 3.8) is 0 Å². The van der Waals surface area contributed by atoms with Gasteiger partial charge in [-0.3, -0.25) is 24.5 Å². The molecular weight excluding hydrogens is 360 g/mol. The minimum Gasteiger partial charge on any atom is -0.322 e. The van der Waals surface area contributed by atoms with Crippen LogP contribution in [0.2, 0.25) is 0 Å². The van der Waals surface area contributed by atoms with E-state index in [1.807, 2.05) is 0 Å². The Balaban J connectivity index is 1.37. The van der Waals surface area contributed by atoms with Crippen molar-refractivity contribution < 1.29 is 14.4 Å². The van der Waals surface area contributed by atoms with Gasteiger partial charge in [-0.05, 0) is 56.7 Å². The molecule has 8 heteroatoms. The second-order valence-electron chi connectivity index (χ2n) is 8.63. The van der Waals surface area contributed by atoms with Gasteiger partial charge in [0.05, 0.1) is 12.1 Å². The topological polar surface area (TPSA) is 101 Å². The number of hydrogen-bond donors (Lipinski definition) is 2. The molecule has 0 bridgehead atoms. The van der Waals surface area contributed by atoms with Crippen LogP contribution >= 0.6 is 0 Å². The molecule has 1 aromatic heterocycles. The standard InChI is InChI=1S/C20H24N4O4/c25-16-2-1-15(17(26)22-16)24-11-14-13(18(24)27)3-8-23(19(14)28)12-9-20(10-12)4-6-21-7-5-20/h3,8,12,15,21H,1-2,4-7,9-11H2,(H,22,25,26)/t15-/m1/s1. The summed E-state index contributed by atoms with van der Waals surface area (Å²) in [5.74, 6) is -1.06. The van der Waals surface area contributed by atoms with E-state index in [1.165, 1.54) is 4.90 Å². The summed E-state index contributed by atoms with van der Waals surface area (Å²) in [5.41, 5.74) is 1.11. The number of rotatable bonds is 2. The molecule has 3 fully saturated rings. The fourth-order valence-electron chi connectivity index (χ4n) is 5.36. The molecule has 0 aromatic carbocycles. The number of fused-ring (bicyclic) bond motifs is 1. The molecule has 1 aliphatic carbocycles. The summed E-state index contributed by atoms with van der Waals surface area (Å²) in [5, 5.41) is 5.68. The molecule has 0 unspecified atom stereocenters. The van der Waals surface area contributed by atoms with Crippen LogP contribution in [0.5, 0.6) is 0 Å². The maximum absolute atomic E-state index is 13.1. The van der Waals surface area contributed by atoms with Gasteiger partial charge in [-0.2, -0.15) is 0 Å². The summed E-state index contributed by atoms with van der Waals surface area (Å²) >= 11 is 0. The normalized spacial score (nSPS) is 26.9. The van der Waals surface area contributed by atoms with Gasteiger partial charge in [0.1, 0.15) is 6.04 Å². The Kier molecular flexibility index (Phi) is 3.94. The summed E-state index contributed by atoms with van der Waals surface area (Å²) in [6.07, 6.45) is 6.59. The zero-order valence-corrected chi connectivity index (χ0v) is 15.7. The highest BCUT2D eigenvalue weighted by atomic mass is 16.2. The number of carbonyl (C=O) groups is 3. The highest BCUT2D eigenvalue weighted by Crippen LogP contribution is 2.53. The van der Waals surface area contributed by atoms with Crippen molar-refractivity contribution in [3.05, 3.63) is 33.7 Å². The first-order valence-electron chi connectivity index (χ1n) is 10.1. The molecule has 3 amide bonds. The van der Waals surface area contributed by atoms with Crippen LogP contribution in [0.15, 0.2) is 17.1 Å². The molecule has 1 aromatic rings. The van der Waals surface area contributed by atoms with Gasteiger partial charge in [0, 0.05) is 24.2 Å². The lowest BCUT2D eigenvalue weighted by molar-refractivity contribution is -0.136. The van der Waals surface area contributed by atoms with Gasteiger partial charge in [0.25, 0.3) is 11.5 Å². The summed E-state index contributed by atoms with van der Waals surface area (Å²) in [6, 6.07) is 1.22.